The molecule has 0 radical (unpaired) electrons. The zero-order valence-corrected chi connectivity index (χ0v) is 15.2. The highest BCUT2D eigenvalue weighted by Gasteiger charge is 2.34. The molecule has 0 bridgehead atoms. The minimum Gasteiger partial charge on any atom is -0.493 e. The highest BCUT2D eigenvalue weighted by Crippen LogP contribution is 2.40. The molecule has 132 valence electrons. The molecule has 0 unspecified atom stereocenters. The molecule has 2 amide bonds. The molecule has 1 aliphatic heterocycles. The Morgan fingerprint density at radius 1 is 1.12 bits per heavy atom. The van der Waals surface area contributed by atoms with E-state index in [0.717, 1.165) is 16.7 Å². The van der Waals surface area contributed by atoms with E-state index in [0.29, 0.717) is 27.7 Å². The van der Waals surface area contributed by atoms with Crippen molar-refractivity contribution in [1.82, 2.24) is 4.90 Å². The summed E-state index contributed by atoms with van der Waals surface area (Å²) in [4.78, 5) is 25.5. The van der Waals surface area contributed by atoms with E-state index in [1.54, 1.807) is 18.2 Å². The first kappa shape index (κ1) is 20.1. The maximum absolute atomic E-state index is 12.2. The van der Waals surface area contributed by atoms with Crippen LogP contribution in [0.3, 0.4) is 0 Å². The second-order valence-electron chi connectivity index (χ2n) is 4.58. The number of amides is 2. The van der Waals surface area contributed by atoms with Crippen molar-refractivity contribution in [2.45, 2.75) is 0 Å². The van der Waals surface area contributed by atoms with Gasteiger partial charge in [0.1, 0.15) is 0 Å². The molecule has 1 heterocycles. The first-order valence-electron chi connectivity index (χ1n) is 6.81. The van der Waals surface area contributed by atoms with E-state index < -0.39 is 0 Å². The summed E-state index contributed by atoms with van der Waals surface area (Å²) in [5, 5.41) is -0.320. The normalized spacial score (nSPS) is 15.5. The van der Waals surface area contributed by atoms with Gasteiger partial charge in [0.2, 0.25) is 5.75 Å². The largest absolute Gasteiger partial charge is 0.493 e. The van der Waals surface area contributed by atoms with E-state index in [-0.39, 0.29) is 36.6 Å². The summed E-state index contributed by atoms with van der Waals surface area (Å²) in [6, 6.07) is 3.41. The van der Waals surface area contributed by atoms with Crippen LogP contribution in [-0.4, -0.2) is 50.5 Å². The second kappa shape index (κ2) is 8.81. The zero-order valence-electron chi connectivity index (χ0n) is 13.5. The van der Waals surface area contributed by atoms with Crippen LogP contribution in [0.15, 0.2) is 17.0 Å². The Morgan fingerprint density at radius 3 is 2.17 bits per heavy atom. The van der Waals surface area contributed by atoms with E-state index in [2.05, 4.69) is 0 Å². The summed E-state index contributed by atoms with van der Waals surface area (Å²) in [6.07, 6.45) is 1.62. The van der Waals surface area contributed by atoms with Crippen LogP contribution in [0.4, 0.5) is 4.79 Å². The van der Waals surface area contributed by atoms with E-state index in [1.807, 2.05) is 0 Å². The molecule has 0 aromatic heterocycles. The minimum atomic E-state index is -0.348. The van der Waals surface area contributed by atoms with Crippen molar-refractivity contribution in [2.75, 3.05) is 34.4 Å². The molecule has 1 aromatic rings. The molecule has 2 N–H and O–H groups in total. The number of hydrogen-bond donors (Lipinski definition) is 1. The summed E-state index contributed by atoms with van der Waals surface area (Å²) in [6.45, 7) is 0.437. The molecule has 0 aliphatic carbocycles. The van der Waals surface area contributed by atoms with E-state index in [1.165, 1.54) is 21.3 Å². The van der Waals surface area contributed by atoms with Gasteiger partial charge in [-0.3, -0.25) is 14.5 Å². The summed E-state index contributed by atoms with van der Waals surface area (Å²) in [5.41, 5.74) is 6.08. The summed E-state index contributed by atoms with van der Waals surface area (Å²) >= 11 is 0.884. The topological polar surface area (TPSA) is 91.1 Å². The van der Waals surface area contributed by atoms with Crippen LogP contribution in [0.25, 0.3) is 6.08 Å². The van der Waals surface area contributed by atoms with Gasteiger partial charge in [-0.25, -0.2) is 0 Å². The zero-order chi connectivity index (χ0) is 17.0. The molecule has 0 spiro atoms. The second-order valence-corrected chi connectivity index (χ2v) is 5.57. The summed E-state index contributed by atoms with van der Waals surface area (Å²) < 4.78 is 15.8. The van der Waals surface area contributed by atoms with Gasteiger partial charge in [0.15, 0.2) is 11.5 Å². The van der Waals surface area contributed by atoms with Crippen LogP contribution in [0.2, 0.25) is 0 Å². The van der Waals surface area contributed by atoms with E-state index in [9.17, 15) is 9.59 Å². The predicted molar refractivity (Wildman–Crippen MR) is 95.1 cm³/mol. The van der Waals surface area contributed by atoms with Crippen LogP contribution >= 0.6 is 24.2 Å². The maximum Gasteiger partial charge on any atom is 0.293 e. The molecule has 1 aromatic carbocycles. The Balaban J connectivity index is 0.00000288. The summed E-state index contributed by atoms with van der Waals surface area (Å²) in [5.74, 6) is 1.06. The molecule has 9 heteroatoms. The Morgan fingerprint density at radius 2 is 1.71 bits per heavy atom. The SMILES string of the molecule is COc1cc(/C=C2/SC(=O)N(CCN)C2=O)cc(OC)c1OC.Cl. The van der Waals surface area contributed by atoms with E-state index >= 15 is 0 Å². The van der Waals surface area contributed by atoms with Gasteiger partial charge in [0.05, 0.1) is 26.2 Å². The highest BCUT2D eigenvalue weighted by atomic mass is 35.5. The van der Waals surface area contributed by atoms with Gasteiger partial charge in [-0.15, -0.1) is 12.4 Å². The van der Waals surface area contributed by atoms with Crippen LogP contribution in [0.1, 0.15) is 5.56 Å². The van der Waals surface area contributed by atoms with Crippen molar-refractivity contribution in [3.8, 4) is 17.2 Å². The van der Waals surface area contributed by atoms with Gasteiger partial charge < -0.3 is 19.9 Å². The van der Waals surface area contributed by atoms with Crippen molar-refractivity contribution in [2.24, 2.45) is 5.73 Å². The Hall–Kier alpha value is -1.90. The average Bonchev–Trinajstić information content (AvgIpc) is 2.81. The number of ether oxygens (including phenoxy) is 3. The van der Waals surface area contributed by atoms with Crippen molar-refractivity contribution in [3.05, 3.63) is 22.6 Å². The van der Waals surface area contributed by atoms with Gasteiger partial charge in [-0.1, -0.05) is 0 Å². The van der Waals surface area contributed by atoms with Crippen molar-refractivity contribution in [3.63, 3.8) is 0 Å². The molecule has 2 rings (SSSR count). The Kier molecular flexibility index (Phi) is 7.40. The number of benzene rings is 1. The molecule has 1 saturated heterocycles. The number of carbonyl (C=O) groups excluding carboxylic acids is 2. The minimum absolute atomic E-state index is 0. The molecule has 0 atom stereocenters. The van der Waals surface area contributed by atoms with E-state index in [4.69, 9.17) is 19.9 Å². The third-order valence-electron chi connectivity index (χ3n) is 3.21. The average molecular weight is 375 g/mol. The lowest BCUT2D eigenvalue weighted by Crippen LogP contribution is -2.33. The molecular weight excluding hydrogens is 356 g/mol. The predicted octanol–water partition coefficient (Wildman–Crippen LogP) is 2.13. The first-order chi connectivity index (χ1) is 11.0. The Bertz CT molecular complexity index is 640. The number of imide groups is 1. The number of thioether (sulfide) groups is 1. The number of nitrogens with zero attached hydrogens (tertiary/aromatic N) is 1. The number of methoxy groups -OCH3 is 3. The Labute approximate surface area is 150 Å². The van der Waals surface area contributed by atoms with Gasteiger partial charge in [-0.05, 0) is 35.5 Å². The van der Waals surface area contributed by atoms with Gasteiger partial charge in [0.25, 0.3) is 11.1 Å². The highest BCUT2D eigenvalue weighted by molar-refractivity contribution is 8.18. The molecule has 1 aliphatic rings. The van der Waals surface area contributed by atoms with Gasteiger partial charge in [-0.2, -0.15) is 0 Å². The molecule has 0 saturated carbocycles. The fraction of sp³-hybridized carbons (Fsp3) is 0.333. The number of rotatable bonds is 6. The van der Waals surface area contributed by atoms with Crippen molar-refractivity contribution < 1.29 is 23.8 Å². The van der Waals surface area contributed by atoms with Crippen LogP contribution in [0, 0.1) is 0 Å². The summed E-state index contributed by atoms with van der Waals surface area (Å²) in [7, 11) is 4.53. The number of carbonyl (C=O) groups is 2. The van der Waals surface area contributed by atoms with Gasteiger partial charge >= 0.3 is 0 Å². The third-order valence-corrected chi connectivity index (χ3v) is 4.12. The fourth-order valence-electron chi connectivity index (χ4n) is 2.16. The van der Waals surface area contributed by atoms with Crippen molar-refractivity contribution in [1.29, 1.82) is 0 Å². The number of hydrogen-bond acceptors (Lipinski definition) is 7. The molecule has 1 fully saturated rings. The quantitative estimate of drug-likeness (QED) is 0.762. The monoisotopic (exact) mass is 374 g/mol. The first-order valence-corrected chi connectivity index (χ1v) is 7.62. The number of halogens is 1. The maximum atomic E-state index is 12.2. The molecular formula is C15H19ClN2O5S. The van der Waals surface area contributed by atoms with Crippen LogP contribution in [0.5, 0.6) is 17.2 Å². The van der Waals surface area contributed by atoms with Crippen LogP contribution < -0.4 is 19.9 Å². The lowest BCUT2D eigenvalue weighted by atomic mass is 10.1. The fourth-order valence-corrected chi connectivity index (χ4v) is 3.02. The third kappa shape index (κ3) is 3.95. The standard InChI is InChI=1S/C15H18N2O5S.ClH/c1-20-10-6-9(7-11(21-2)13(10)22-3)8-12-14(18)17(5-4-16)15(19)23-12;/h6-8H,4-5,16H2,1-3H3;1H/b12-8+;. The van der Waals surface area contributed by atoms with Crippen LogP contribution in [-0.2, 0) is 4.79 Å². The van der Waals surface area contributed by atoms with Gasteiger partial charge in [0, 0.05) is 13.1 Å². The lowest BCUT2D eigenvalue weighted by Gasteiger charge is -2.13. The van der Waals surface area contributed by atoms with Crippen molar-refractivity contribution >= 4 is 41.4 Å². The number of nitrogens with two attached hydrogens (primary N) is 1. The lowest BCUT2D eigenvalue weighted by molar-refractivity contribution is -0.122. The molecule has 24 heavy (non-hydrogen) atoms. The smallest absolute Gasteiger partial charge is 0.293 e. The molecule has 7 nitrogen and oxygen atoms in total.